The Kier molecular flexibility index (Phi) is 5.19. The van der Waals surface area contributed by atoms with Crippen molar-refractivity contribution in [1.82, 2.24) is 0 Å². The summed E-state index contributed by atoms with van der Waals surface area (Å²) in [5, 5.41) is 0.786. The molecule has 0 aliphatic heterocycles. The number of benzene rings is 1. The summed E-state index contributed by atoms with van der Waals surface area (Å²) in [6.07, 6.45) is 1.22. The molecule has 0 N–H and O–H groups in total. The van der Waals surface area contributed by atoms with Crippen LogP contribution in [0.1, 0.15) is 30.1 Å². The molecule has 3 nitrogen and oxygen atoms in total. The molecule has 0 unspecified atom stereocenters. The maximum absolute atomic E-state index is 11.8. The molecular weight excluding hydrogens is 272 g/mol. The van der Waals surface area contributed by atoms with Crippen LogP contribution in [0.5, 0.6) is 5.75 Å². The lowest BCUT2D eigenvalue weighted by atomic mass is 10.1. The number of hydrogen-bond donors (Lipinski definition) is 0. The van der Waals surface area contributed by atoms with Gasteiger partial charge in [-0.05, 0) is 18.6 Å². The third kappa shape index (κ3) is 3.77. The first-order valence-electron chi connectivity index (χ1n) is 5.01. The lowest BCUT2D eigenvalue weighted by molar-refractivity contribution is -0.131. The monoisotopic (exact) mass is 284 g/mol. The molecule has 16 heavy (non-hydrogen) atoms. The van der Waals surface area contributed by atoms with Crippen LogP contribution in [0.3, 0.4) is 0 Å². The minimum atomic E-state index is -0.416. The minimum absolute atomic E-state index is 0.00343. The van der Waals surface area contributed by atoms with Crippen LogP contribution in [0.15, 0.2) is 24.3 Å². The van der Waals surface area contributed by atoms with E-state index in [4.69, 9.17) is 4.74 Å². The van der Waals surface area contributed by atoms with E-state index in [0.29, 0.717) is 17.7 Å². The van der Waals surface area contributed by atoms with Gasteiger partial charge in [-0.25, -0.2) is 0 Å². The molecule has 0 fully saturated rings. The van der Waals surface area contributed by atoms with Crippen molar-refractivity contribution in [1.29, 1.82) is 0 Å². The van der Waals surface area contributed by atoms with Crippen molar-refractivity contribution in [3.63, 3.8) is 0 Å². The molecule has 86 valence electrons. The summed E-state index contributed by atoms with van der Waals surface area (Å²) in [6.45, 7) is 1.32. The van der Waals surface area contributed by atoms with Gasteiger partial charge in [-0.3, -0.25) is 9.59 Å². The molecular formula is C12H13BrO3. The zero-order chi connectivity index (χ0) is 12.0. The number of carbonyl (C=O) groups is 2. The Morgan fingerprint density at radius 3 is 2.62 bits per heavy atom. The van der Waals surface area contributed by atoms with Gasteiger partial charge in [-0.15, -0.1) is 0 Å². The number of ether oxygens (including phenoxy) is 1. The Morgan fingerprint density at radius 2 is 2.00 bits per heavy atom. The van der Waals surface area contributed by atoms with E-state index in [2.05, 4.69) is 15.9 Å². The fraction of sp³-hybridized carbons (Fsp3) is 0.333. The fourth-order valence-corrected chi connectivity index (χ4v) is 1.58. The molecule has 0 bridgehead atoms. The van der Waals surface area contributed by atoms with E-state index < -0.39 is 5.97 Å². The number of esters is 1. The Morgan fingerprint density at radius 1 is 1.31 bits per heavy atom. The summed E-state index contributed by atoms with van der Waals surface area (Å²) >= 11 is 3.27. The first-order valence-corrected chi connectivity index (χ1v) is 6.14. The predicted molar refractivity (Wildman–Crippen MR) is 65.1 cm³/mol. The summed E-state index contributed by atoms with van der Waals surface area (Å²) in [7, 11) is 0. The number of hydrogen-bond acceptors (Lipinski definition) is 3. The van der Waals surface area contributed by atoms with Crippen molar-refractivity contribution in [2.75, 3.05) is 5.33 Å². The van der Waals surface area contributed by atoms with Gasteiger partial charge >= 0.3 is 5.97 Å². The van der Waals surface area contributed by atoms with Crippen molar-refractivity contribution in [3.05, 3.63) is 29.8 Å². The van der Waals surface area contributed by atoms with Gasteiger partial charge in [0.05, 0.1) is 5.56 Å². The molecule has 0 spiro atoms. The zero-order valence-electron chi connectivity index (χ0n) is 9.03. The largest absolute Gasteiger partial charge is 0.426 e. The van der Waals surface area contributed by atoms with Crippen LogP contribution in [0.25, 0.3) is 0 Å². The molecule has 0 saturated heterocycles. The second-order valence-corrected chi connectivity index (χ2v) is 4.10. The summed E-state index contributed by atoms with van der Waals surface area (Å²) < 4.78 is 4.97. The normalized spacial score (nSPS) is 9.88. The van der Waals surface area contributed by atoms with Crippen molar-refractivity contribution in [2.24, 2.45) is 0 Å². The molecule has 0 aliphatic carbocycles. The quantitative estimate of drug-likeness (QED) is 0.361. The van der Waals surface area contributed by atoms with Crippen molar-refractivity contribution < 1.29 is 14.3 Å². The first kappa shape index (κ1) is 12.9. The van der Waals surface area contributed by atoms with Gasteiger partial charge in [0.25, 0.3) is 0 Å². The summed E-state index contributed by atoms with van der Waals surface area (Å²) in [4.78, 5) is 22.7. The van der Waals surface area contributed by atoms with Gasteiger partial charge in [0.1, 0.15) is 5.75 Å². The van der Waals surface area contributed by atoms with Crippen LogP contribution in [0.2, 0.25) is 0 Å². The van der Waals surface area contributed by atoms with E-state index in [0.717, 1.165) is 11.8 Å². The third-order valence-electron chi connectivity index (χ3n) is 1.98. The lowest BCUT2D eigenvalue weighted by Crippen LogP contribution is -2.07. The van der Waals surface area contributed by atoms with Crippen LogP contribution in [-0.2, 0) is 4.79 Å². The fourth-order valence-electron chi connectivity index (χ4n) is 1.30. The average Bonchev–Trinajstić information content (AvgIpc) is 2.26. The SMILES string of the molecule is CC(=O)Oc1ccccc1C(=O)CCCBr. The van der Waals surface area contributed by atoms with Crippen LogP contribution < -0.4 is 4.74 Å². The van der Waals surface area contributed by atoms with Gasteiger partial charge in [-0.1, -0.05) is 28.1 Å². The second-order valence-electron chi connectivity index (χ2n) is 3.31. The van der Waals surface area contributed by atoms with Gasteiger partial charge in [0, 0.05) is 18.7 Å². The number of alkyl halides is 1. The van der Waals surface area contributed by atoms with E-state index >= 15 is 0 Å². The molecule has 4 heteroatoms. The molecule has 0 atom stereocenters. The number of carbonyl (C=O) groups excluding carboxylic acids is 2. The molecule has 1 aromatic carbocycles. The smallest absolute Gasteiger partial charge is 0.308 e. The summed E-state index contributed by atoms with van der Waals surface area (Å²) in [5.41, 5.74) is 0.471. The maximum Gasteiger partial charge on any atom is 0.308 e. The number of ketones is 1. The van der Waals surface area contributed by atoms with Crippen molar-refractivity contribution in [3.8, 4) is 5.75 Å². The molecule has 0 aliphatic rings. The Balaban J connectivity index is 2.85. The van der Waals surface area contributed by atoms with Crippen LogP contribution in [0.4, 0.5) is 0 Å². The first-order chi connectivity index (χ1) is 7.65. The Hall–Kier alpha value is -1.16. The molecule has 0 amide bonds. The molecule has 0 saturated carbocycles. The summed E-state index contributed by atoms with van der Waals surface area (Å²) in [5.74, 6) is -0.0772. The van der Waals surface area contributed by atoms with Gasteiger partial charge in [0.15, 0.2) is 5.78 Å². The van der Waals surface area contributed by atoms with Gasteiger partial charge in [0.2, 0.25) is 0 Å². The standard InChI is InChI=1S/C12H13BrO3/c1-9(14)16-12-7-3-2-5-10(12)11(15)6-4-8-13/h2-3,5,7H,4,6,8H2,1H3. The highest BCUT2D eigenvalue weighted by Gasteiger charge is 2.12. The number of para-hydroxylation sites is 1. The highest BCUT2D eigenvalue weighted by molar-refractivity contribution is 9.09. The second kappa shape index (κ2) is 6.43. The molecule has 0 aromatic heterocycles. The van der Waals surface area contributed by atoms with Crippen LogP contribution in [-0.4, -0.2) is 17.1 Å². The number of Topliss-reactive ketones (excluding diaryl/α,β-unsaturated/α-hetero) is 1. The number of halogens is 1. The Labute approximate surface area is 103 Å². The highest BCUT2D eigenvalue weighted by Crippen LogP contribution is 2.20. The molecule has 1 rings (SSSR count). The maximum atomic E-state index is 11.8. The van der Waals surface area contributed by atoms with E-state index in [-0.39, 0.29) is 5.78 Å². The molecule has 0 heterocycles. The molecule has 1 aromatic rings. The topological polar surface area (TPSA) is 43.4 Å². The number of rotatable bonds is 5. The third-order valence-corrected chi connectivity index (χ3v) is 2.54. The van der Waals surface area contributed by atoms with E-state index in [1.54, 1.807) is 24.3 Å². The van der Waals surface area contributed by atoms with Gasteiger partial charge < -0.3 is 4.74 Å². The average molecular weight is 285 g/mol. The van der Waals surface area contributed by atoms with Gasteiger partial charge in [-0.2, -0.15) is 0 Å². The highest BCUT2D eigenvalue weighted by atomic mass is 79.9. The van der Waals surface area contributed by atoms with Crippen LogP contribution in [0, 0.1) is 0 Å². The van der Waals surface area contributed by atoms with E-state index in [1.165, 1.54) is 6.92 Å². The van der Waals surface area contributed by atoms with E-state index in [1.807, 2.05) is 0 Å². The predicted octanol–water partition coefficient (Wildman–Crippen LogP) is 2.97. The molecule has 0 radical (unpaired) electrons. The van der Waals surface area contributed by atoms with Crippen molar-refractivity contribution in [2.45, 2.75) is 19.8 Å². The lowest BCUT2D eigenvalue weighted by Gasteiger charge is -2.07. The zero-order valence-corrected chi connectivity index (χ0v) is 10.6. The van der Waals surface area contributed by atoms with Crippen LogP contribution >= 0.6 is 15.9 Å². The Bertz CT molecular complexity index is 388. The van der Waals surface area contributed by atoms with E-state index in [9.17, 15) is 9.59 Å². The van der Waals surface area contributed by atoms with Crippen molar-refractivity contribution >= 4 is 27.7 Å². The summed E-state index contributed by atoms with van der Waals surface area (Å²) in [6, 6.07) is 6.80. The minimum Gasteiger partial charge on any atom is -0.426 e.